The highest BCUT2D eigenvalue weighted by molar-refractivity contribution is 6.50. The van der Waals surface area contributed by atoms with Crippen molar-refractivity contribution >= 4 is 34.2 Å². The standard InChI is InChI=1S/C20H20Cl2N2O/c1-12-8-16-17(9-13(12)2)24(11-15-10-20(15,21)22)19(23-16)18(25)14-6-4-3-5-7-14/h3-9,15,18,25H,10-11H2,1-2H3. The second kappa shape index (κ2) is 6.01. The number of aromatic nitrogens is 2. The van der Waals surface area contributed by atoms with Crippen LogP contribution in [0.25, 0.3) is 11.0 Å². The van der Waals surface area contributed by atoms with Crippen LogP contribution in [0.3, 0.4) is 0 Å². The molecule has 0 spiro atoms. The lowest BCUT2D eigenvalue weighted by Gasteiger charge is -2.15. The number of fused-ring (bicyclic) bond motifs is 1. The number of halogens is 2. The van der Waals surface area contributed by atoms with E-state index in [0.29, 0.717) is 12.4 Å². The molecule has 1 saturated carbocycles. The number of imidazole rings is 1. The summed E-state index contributed by atoms with van der Waals surface area (Å²) in [6.45, 7) is 4.82. The lowest BCUT2D eigenvalue weighted by molar-refractivity contribution is 0.204. The minimum atomic E-state index is -0.784. The molecule has 0 aliphatic heterocycles. The predicted molar refractivity (Wildman–Crippen MR) is 102 cm³/mol. The molecule has 130 valence electrons. The van der Waals surface area contributed by atoms with E-state index in [1.165, 1.54) is 11.1 Å². The van der Waals surface area contributed by atoms with Gasteiger partial charge in [0, 0.05) is 12.5 Å². The maximum absolute atomic E-state index is 10.9. The minimum absolute atomic E-state index is 0.177. The second-order valence-corrected chi connectivity index (χ2v) is 8.52. The van der Waals surface area contributed by atoms with Crippen LogP contribution in [0, 0.1) is 19.8 Å². The van der Waals surface area contributed by atoms with E-state index in [4.69, 9.17) is 28.2 Å². The molecule has 0 bridgehead atoms. The van der Waals surface area contributed by atoms with Crippen LogP contribution < -0.4 is 0 Å². The summed E-state index contributed by atoms with van der Waals surface area (Å²) in [4.78, 5) is 4.75. The van der Waals surface area contributed by atoms with Gasteiger partial charge in [-0.3, -0.25) is 0 Å². The van der Waals surface area contributed by atoms with Crippen molar-refractivity contribution in [3.8, 4) is 0 Å². The van der Waals surface area contributed by atoms with Crippen LogP contribution in [0.15, 0.2) is 42.5 Å². The summed E-state index contributed by atoms with van der Waals surface area (Å²) in [5, 5.41) is 10.9. The summed E-state index contributed by atoms with van der Waals surface area (Å²) in [7, 11) is 0. The second-order valence-electron chi connectivity index (χ2n) is 6.98. The zero-order chi connectivity index (χ0) is 17.8. The number of alkyl halides is 2. The third-order valence-electron chi connectivity index (χ3n) is 5.11. The Balaban J connectivity index is 1.84. The smallest absolute Gasteiger partial charge is 0.143 e. The Morgan fingerprint density at radius 3 is 2.48 bits per heavy atom. The summed E-state index contributed by atoms with van der Waals surface area (Å²) in [6, 6.07) is 13.8. The molecule has 5 heteroatoms. The van der Waals surface area contributed by atoms with Gasteiger partial charge in [0.15, 0.2) is 0 Å². The fourth-order valence-corrected chi connectivity index (χ4v) is 3.78. The van der Waals surface area contributed by atoms with Crippen molar-refractivity contribution in [3.63, 3.8) is 0 Å². The van der Waals surface area contributed by atoms with E-state index in [9.17, 15) is 5.11 Å². The van der Waals surface area contributed by atoms with Gasteiger partial charge in [0.05, 0.1) is 11.0 Å². The molecule has 1 N–H and O–H groups in total. The maximum Gasteiger partial charge on any atom is 0.143 e. The number of nitrogens with zero attached hydrogens (tertiary/aromatic N) is 2. The average molecular weight is 375 g/mol. The summed E-state index contributed by atoms with van der Waals surface area (Å²) in [5.41, 5.74) is 5.13. The van der Waals surface area contributed by atoms with E-state index in [1.807, 2.05) is 30.3 Å². The van der Waals surface area contributed by atoms with Gasteiger partial charge >= 0.3 is 0 Å². The Labute approximate surface area is 157 Å². The number of hydrogen-bond acceptors (Lipinski definition) is 2. The van der Waals surface area contributed by atoms with Crippen LogP contribution in [0.5, 0.6) is 0 Å². The van der Waals surface area contributed by atoms with Gasteiger partial charge in [0.2, 0.25) is 0 Å². The zero-order valence-corrected chi connectivity index (χ0v) is 15.7. The number of aliphatic hydroxyl groups excluding tert-OH is 1. The SMILES string of the molecule is Cc1cc2nc(C(O)c3ccccc3)n(CC3CC3(Cl)Cl)c2cc1C. The Morgan fingerprint density at radius 1 is 1.20 bits per heavy atom. The highest BCUT2D eigenvalue weighted by atomic mass is 35.5. The van der Waals surface area contributed by atoms with E-state index >= 15 is 0 Å². The molecule has 4 rings (SSSR count). The molecule has 25 heavy (non-hydrogen) atoms. The zero-order valence-electron chi connectivity index (χ0n) is 14.2. The van der Waals surface area contributed by atoms with Crippen LogP contribution in [0.1, 0.15) is 35.0 Å². The van der Waals surface area contributed by atoms with E-state index in [2.05, 4.69) is 30.5 Å². The summed E-state index contributed by atoms with van der Waals surface area (Å²) >= 11 is 12.5. The predicted octanol–water partition coefficient (Wildman–Crippen LogP) is 4.93. The van der Waals surface area contributed by atoms with Gasteiger partial charge in [0.1, 0.15) is 16.3 Å². The Morgan fingerprint density at radius 2 is 1.84 bits per heavy atom. The average Bonchev–Trinajstić information content (AvgIpc) is 3.05. The van der Waals surface area contributed by atoms with Crippen molar-refractivity contribution in [1.29, 1.82) is 0 Å². The van der Waals surface area contributed by atoms with Crippen LogP contribution >= 0.6 is 23.2 Å². The molecule has 1 fully saturated rings. The summed E-state index contributed by atoms with van der Waals surface area (Å²) < 4.78 is 1.42. The van der Waals surface area contributed by atoms with E-state index in [1.54, 1.807) is 0 Å². The van der Waals surface area contributed by atoms with Crippen LogP contribution in [0.2, 0.25) is 0 Å². The normalized spacial score (nSPS) is 20.0. The number of rotatable bonds is 4. The largest absolute Gasteiger partial charge is 0.380 e. The van der Waals surface area contributed by atoms with Gasteiger partial charge in [-0.15, -0.1) is 23.2 Å². The van der Waals surface area contributed by atoms with E-state index < -0.39 is 10.4 Å². The molecular formula is C20H20Cl2N2O. The molecule has 3 aromatic rings. The van der Waals surface area contributed by atoms with Gasteiger partial charge < -0.3 is 9.67 Å². The lowest BCUT2D eigenvalue weighted by Crippen LogP contribution is -2.12. The van der Waals surface area contributed by atoms with Crippen molar-refractivity contribution in [2.75, 3.05) is 0 Å². The molecule has 1 aromatic heterocycles. The van der Waals surface area contributed by atoms with Gasteiger partial charge in [-0.2, -0.15) is 0 Å². The monoisotopic (exact) mass is 374 g/mol. The topological polar surface area (TPSA) is 38.1 Å². The minimum Gasteiger partial charge on any atom is -0.380 e. The fraction of sp³-hybridized carbons (Fsp3) is 0.350. The third-order valence-corrected chi connectivity index (χ3v) is 6.04. The molecule has 1 heterocycles. The first-order chi connectivity index (χ1) is 11.9. The Kier molecular flexibility index (Phi) is 4.06. The molecule has 3 nitrogen and oxygen atoms in total. The molecular weight excluding hydrogens is 355 g/mol. The highest BCUT2D eigenvalue weighted by Crippen LogP contribution is 2.54. The lowest BCUT2D eigenvalue weighted by atomic mass is 10.1. The van der Waals surface area contributed by atoms with Crippen molar-refractivity contribution in [2.45, 2.75) is 37.3 Å². The van der Waals surface area contributed by atoms with Gasteiger partial charge in [-0.1, -0.05) is 30.3 Å². The van der Waals surface area contributed by atoms with Crippen molar-refractivity contribution in [2.24, 2.45) is 5.92 Å². The van der Waals surface area contributed by atoms with E-state index in [0.717, 1.165) is 23.0 Å². The summed E-state index contributed by atoms with van der Waals surface area (Å²) in [6.07, 6.45) is -0.0189. The van der Waals surface area contributed by atoms with Gasteiger partial charge in [-0.25, -0.2) is 4.98 Å². The van der Waals surface area contributed by atoms with Crippen LogP contribution in [-0.2, 0) is 6.54 Å². The molecule has 2 aromatic carbocycles. The maximum atomic E-state index is 10.9. The molecule has 1 aliphatic rings. The Bertz CT molecular complexity index is 934. The highest BCUT2D eigenvalue weighted by Gasteiger charge is 2.52. The van der Waals surface area contributed by atoms with Gasteiger partial charge in [-0.05, 0) is 49.1 Å². The number of hydrogen-bond donors (Lipinski definition) is 1. The van der Waals surface area contributed by atoms with Gasteiger partial charge in [0.25, 0.3) is 0 Å². The van der Waals surface area contributed by atoms with Crippen LogP contribution in [-0.4, -0.2) is 19.0 Å². The number of aliphatic hydroxyl groups is 1. The molecule has 0 saturated heterocycles. The molecule has 2 unspecified atom stereocenters. The van der Waals surface area contributed by atoms with Crippen LogP contribution in [0.4, 0.5) is 0 Å². The molecule has 0 radical (unpaired) electrons. The van der Waals surface area contributed by atoms with E-state index in [-0.39, 0.29) is 5.92 Å². The first-order valence-corrected chi connectivity index (χ1v) is 9.20. The molecule has 1 aliphatic carbocycles. The van der Waals surface area contributed by atoms with Crippen molar-refractivity contribution in [3.05, 3.63) is 65.0 Å². The number of benzene rings is 2. The molecule has 2 atom stereocenters. The summed E-state index contributed by atoms with van der Waals surface area (Å²) in [5.74, 6) is 0.818. The first kappa shape index (κ1) is 16.9. The molecule has 0 amide bonds. The Hall–Kier alpha value is -1.55. The van der Waals surface area contributed by atoms with Crippen molar-refractivity contribution < 1.29 is 5.11 Å². The number of aryl methyl sites for hydroxylation is 2. The third kappa shape index (κ3) is 3.05. The van der Waals surface area contributed by atoms with Crippen molar-refractivity contribution in [1.82, 2.24) is 9.55 Å². The fourth-order valence-electron chi connectivity index (χ4n) is 3.27. The quantitative estimate of drug-likeness (QED) is 0.657. The first-order valence-electron chi connectivity index (χ1n) is 8.45.